The van der Waals surface area contributed by atoms with Gasteiger partial charge in [-0.15, -0.1) is 0 Å². The maximum atomic E-state index is 12.3. The van der Waals surface area contributed by atoms with E-state index in [4.69, 9.17) is 0 Å². The fourth-order valence-electron chi connectivity index (χ4n) is 3.04. The molecule has 2 aromatic carbocycles. The Balaban J connectivity index is 1.76. The third-order valence-electron chi connectivity index (χ3n) is 4.40. The molecule has 2 amide bonds. The van der Waals surface area contributed by atoms with Crippen molar-refractivity contribution >= 4 is 45.2 Å². The molecule has 2 aromatic rings. The molecule has 142 valence electrons. The molecule has 7 heteroatoms. The summed E-state index contributed by atoms with van der Waals surface area (Å²) in [5, 5.41) is 15.7. The van der Waals surface area contributed by atoms with Crippen molar-refractivity contribution in [2.75, 3.05) is 11.1 Å². The summed E-state index contributed by atoms with van der Waals surface area (Å²) in [5.41, 5.74) is 3.18. The number of amides is 2. The van der Waals surface area contributed by atoms with E-state index in [1.807, 2.05) is 43.3 Å². The Morgan fingerprint density at radius 1 is 1.29 bits per heavy atom. The van der Waals surface area contributed by atoms with E-state index in [1.54, 1.807) is 12.1 Å². The van der Waals surface area contributed by atoms with Crippen LogP contribution in [-0.2, 0) is 9.59 Å². The Morgan fingerprint density at radius 3 is 2.68 bits per heavy atom. The van der Waals surface area contributed by atoms with Crippen molar-refractivity contribution in [3.05, 3.63) is 74.7 Å². The minimum Gasteiger partial charge on any atom is -0.325 e. The number of anilines is 1. The molecular formula is C21H18BrN3O2S. The molecule has 28 heavy (non-hydrogen) atoms. The van der Waals surface area contributed by atoms with Gasteiger partial charge in [-0.1, -0.05) is 52.0 Å². The summed E-state index contributed by atoms with van der Waals surface area (Å²) in [4.78, 5) is 24.5. The molecule has 0 fully saturated rings. The predicted octanol–water partition coefficient (Wildman–Crippen LogP) is 4.47. The number of hydrogen-bond acceptors (Lipinski definition) is 4. The van der Waals surface area contributed by atoms with E-state index in [-0.39, 0.29) is 29.9 Å². The van der Waals surface area contributed by atoms with Gasteiger partial charge in [-0.2, -0.15) is 5.26 Å². The highest BCUT2D eigenvalue weighted by Crippen LogP contribution is 2.37. The maximum Gasteiger partial charge on any atom is 0.234 e. The van der Waals surface area contributed by atoms with Crippen molar-refractivity contribution in [2.45, 2.75) is 19.3 Å². The average Bonchev–Trinajstić information content (AvgIpc) is 2.68. The second-order valence-corrected chi connectivity index (χ2v) is 8.26. The third-order valence-corrected chi connectivity index (χ3v) is 5.94. The van der Waals surface area contributed by atoms with Crippen LogP contribution < -0.4 is 10.6 Å². The number of nitriles is 1. The smallest absolute Gasteiger partial charge is 0.234 e. The van der Waals surface area contributed by atoms with E-state index < -0.39 is 0 Å². The Bertz CT molecular complexity index is 980. The quantitative estimate of drug-likeness (QED) is 0.696. The number of benzene rings is 2. The zero-order chi connectivity index (χ0) is 20.1. The molecule has 0 aliphatic carbocycles. The Kier molecular flexibility index (Phi) is 6.55. The number of hydrogen-bond donors (Lipinski definition) is 2. The monoisotopic (exact) mass is 455 g/mol. The molecule has 1 heterocycles. The lowest BCUT2D eigenvalue weighted by Crippen LogP contribution is -2.31. The first kappa shape index (κ1) is 20.2. The van der Waals surface area contributed by atoms with Crippen molar-refractivity contribution in [2.24, 2.45) is 0 Å². The number of allylic oxidation sites excluding steroid dienone is 1. The van der Waals surface area contributed by atoms with Crippen molar-refractivity contribution < 1.29 is 9.59 Å². The largest absolute Gasteiger partial charge is 0.325 e. The van der Waals surface area contributed by atoms with Crippen LogP contribution in [0.25, 0.3) is 0 Å². The summed E-state index contributed by atoms with van der Waals surface area (Å²) in [5.74, 6) is -0.554. The lowest BCUT2D eigenvalue weighted by Gasteiger charge is -2.26. The van der Waals surface area contributed by atoms with Crippen molar-refractivity contribution in [1.29, 1.82) is 5.26 Å². The number of nitrogens with one attached hydrogen (secondary N) is 2. The molecule has 1 aliphatic heterocycles. The van der Waals surface area contributed by atoms with Crippen LogP contribution in [0.4, 0.5) is 5.69 Å². The molecule has 1 atom stereocenters. The van der Waals surface area contributed by atoms with Gasteiger partial charge in [0.1, 0.15) is 0 Å². The second kappa shape index (κ2) is 9.09. The van der Waals surface area contributed by atoms with Gasteiger partial charge in [0.25, 0.3) is 0 Å². The third kappa shape index (κ3) is 4.83. The molecule has 1 aliphatic rings. The molecule has 0 bridgehead atoms. The van der Waals surface area contributed by atoms with Gasteiger partial charge in [-0.3, -0.25) is 9.59 Å². The molecule has 3 rings (SSSR count). The number of rotatable bonds is 5. The van der Waals surface area contributed by atoms with E-state index in [1.165, 1.54) is 11.8 Å². The minimum absolute atomic E-state index is 0.0946. The SMILES string of the molecule is Cc1ccccc1C1CC(=O)NC(SCC(=O)Nc2ccc(Br)cc2)=C1C#N. The van der Waals surface area contributed by atoms with Crippen molar-refractivity contribution in [3.63, 3.8) is 0 Å². The summed E-state index contributed by atoms with van der Waals surface area (Å²) >= 11 is 4.52. The summed E-state index contributed by atoms with van der Waals surface area (Å²) < 4.78 is 0.927. The molecule has 0 saturated heterocycles. The van der Waals surface area contributed by atoms with Crippen LogP contribution >= 0.6 is 27.7 Å². The summed E-state index contributed by atoms with van der Waals surface area (Å²) in [7, 11) is 0. The highest BCUT2D eigenvalue weighted by Gasteiger charge is 2.30. The van der Waals surface area contributed by atoms with Gasteiger partial charge < -0.3 is 10.6 Å². The Morgan fingerprint density at radius 2 is 2.00 bits per heavy atom. The van der Waals surface area contributed by atoms with Gasteiger partial charge in [0.05, 0.1) is 22.4 Å². The predicted molar refractivity (Wildman–Crippen MR) is 115 cm³/mol. The maximum absolute atomic E-state index is 12.3. The lowest BCUT2D eigenvalue weighted by molar-refractivity contribution is -0.121. The average molecular weight is 456 g/mol. The summed E-state index contributed by atoms with van der Waals surface area (Å²) in [6.07, 6.45) is 0.225. The minimum atomic E-state index is -0.294. The number of thioether (sulfide) groups is 1. The molecule has 5 nitrogen and oxygen atoms in total. The van der Waals surface area contributed by atoms with E-state index in [9.17, 15) is 14.9 Å². The van der Waals surface area contributed by atoms with Crippen molar-refractivity contribution in [3.8, 4) is 6.07 Å². The van der Waals surface area contributed by atoms with Gasteiger partial charge in [-0.25, -0.2) is 0 Å². The lowest BCUT2D eigenvalue weighted by atomic mass is 9.85. The van der Waals surface area contributed by atoms with E-state index in [0.717, 1.165) is 15.6 Å². The number of nitrogens with zero attached hydrogens (tertiary/aromatic N) is 1. The molecule has 2 N–H and O–H groups in total. The van der Waals surface area contributed by atoms with Gasteiger partial charge in [0.2, 0.25) is 11.8 Å². The summed E-state index contributed by atoms with van der Waals surface area (Å²) in [6, 6.07) is 17.3. The van der Waals surface area contributed by atoms with Crippen LogP contribution in [0.5, 0.6) is 0 Å². The topological polar surface area (TPSA) is 82.0 Å². The first-order valence-electron chi connectivity index (χ1n) is 8.66. The first-order valence-corrected chi connectivity index (χ1v) is 10.4. The van der Waals surface area contributed by atoms with Gasteiger partial charge in [0, 0.05) is 22.5 Å². The molecule has 1 unspecified atom stereocenters. The molecule has 0 radical (unpaired) electrons. The highest BCUT2D eigenvalue weighted by molar-refractivity contribution is 9.10. The second-order valence-electron chi connectivity index (χ2n) is 6.36. The number of halogens is 1. The molecule has 0 spiro atoms. The van der Waals surface area contributed by atoms with Crippen LogP contribution in [0.15, 0.2) is 63.6 Å². The van der Waals surface area contributed by atoms with Crippen LogP contribution in [0.2, 0.25) is 0 Å². The van der Waals surface area contributed by atoms with Crippen LogP contribution in [-0.4, -0.2) is 17.6 Å². The highest BCUT2D eigenvalue weighted by atomic mass is 79.9. The van der Waals surface area contributed by atoms with Gasteiger partial charge in [-0.05, 0) is 42.3 Å². The fraction of sp³-hybridized carbons (Fsp3) is 0.190. The van der Waals surface area contributed by atoms with Crippen molar-refractivity contribution in [1.82, 2.24) is 5.32 Å². The number of aryl methyl sites for hydroxylation is 1. The Hall–Kier alpha value is -2.56. The van der Waals surface area contributed by atoms with E-state index >= 15 is 0 Å². The molecule has 0 aromatic heterocycles. The summed E-state index contributed by atoms with van der Waals surface area (Å²) in [6.45, 7) is 1.97. The number of carbonyl (C=O) groups is 2. The van der Waals surface area contributed by atoms with E-state index in [2.05, 4.69) is 32.6 Å². The zero-order valence-electron chi connectivity index (χ0n) is 15.2. The van der Waals surface area contributed by atoms with Gasteiger partial charge in [0.15, 0.2) is 0 Å². The Labute approximate surface area is 176 Å². The standard InChI is InChI=1S/C21H18BrN3O2S/c1-13-4-2-3-5-16(13)17-10-19(26)25-21(18(17)11-23)28-12-20(27)24-15-8-6-14(22)7-9-15/h2-9,17H,10,12H2,1H3,(H,24,27)(H,25,26). The van der Waals surface area contributed by atoms with Crippen LogP contribution in [0.3, 0.4) is 0 Å². The van der Waals surface area contributed by atoms with E-state index in [0.29, 0.717) is 16.3 Å². The molecular weight excluding hydrogens is 438 g/mol. The first-order chi connectivity index (χ1) is 13.5. The van der Waals surface area contributed by atoms with Crippen LogP contribution in [0.1, 0.15) is 23.5 Å². The van der Waals surface area contributed by atoms with Gasteiger partial charge >= 0.3 is 0 Å². The van der Waals surface area contributed by atoms with Crippen LogP contribution in [0, 0.1) is 18.3 Å². The normalized spacial score (nSPS) is 16.3. The fourth-order valence-corrected chi connectivity index (χ4v) is 4.19. The molecule has 0 saturated carbocycles. The zero-order valence-corrected chi connectivity index (χ0v) is 17.6. The number of carbonyl (C=O) groups excluding carboxylic acids is 2.